The Morgan fingerprint density at radius 3 is 2.56 bits per heavy atom. The van der Waals surface area contributed by atoms with Gasteiger partial charge in [0.1, 0.15) is 0 Å². The highest BCUT2D eigenvalue weighted by Crippen LogP contribution is 2.11. The fourth-order valence-corrected chi connectivity index (χ4v) is 1.81. The summed E-state index contributed by atoms with van der Waals surface area (Å²) >= 11 is 0. The van der Waals surface area contributed by atoms with Gasteiger partial charge in [-0.3, -0.25) is 4.79 Å². The fourth-order valence-electron chi connectivity index (χ4n) is 1.81. The normalized spacial score (nSPS) is 10.7. The van der Waals surface area contributed by atoms with E-state index in [1.54, 1.807) is 0 Å². The van der Waals surface area contributed by atoms with Crippen molar-refractivity contribution in [2.75, 3.05) is 6.61 Å². The number of carbonyl (C=O) groups is 1. The summed E-state index contributed by atoms with van der Waals surface area (Å²) in [5, 5.41) is 0. The predicted octanol–water partition coefficient (Wildman–Crippen LogP) is 3.83. The molecule has 0 aliphatic heterocycles. The molecule has 18 heavy (non-hydrogen) atoms. The molecule has 0 saturated carbocycles. The Kier molecular flexibility index (Phi) is 5.90. The minimum atomic E-state index is -0.123. The highest BCUT2D eigenvalue weighted by atomic mass is 16.5. The van der Waals surface area contributed by atoms with E-state index in [4.69, 9.17) is 4.74 Å². The van der Waals surface area contributed by atoms with E-state index >= 15 is 0 Å². The van der Waals surface area contributed by atoms with E-state index in [1.807, 2.05) is 6.07 Å². The lowest BCUT2D eigenvalue weighted by molar-refractivity contribution is -0.143. The summed E-state index contributed by atoms with van der Waals surface area (Å²) in [6.07, 6.45) is 2.44. The third-order valence-electron chi connectivity index (χ3n) is 3.11. The van der Waals surface area contributed by atoms with Crippen LogP contribution >= 0.6 is 0 Å². The molecule has 1 aromatic rings. The van der Waals surface area contributed by atoms with Crippen LogP contribution in [0.25, 0.3) is 0 Å². The molecule has 0 fully saturated rings. The second-order valence-corrected chi connectivity index (χ2v) is 5.35. The Hall–Kier alpha value is -1.31. The van der Waals surface area contributed by atoms with Crippen molar-refractivity contribution in [3.8, 4) is 0 Å². The number of hydrogen-bond acceptors (Lipinski definition) is 2. The first-order valence-electron chi connectivity index (χ1n) is 6.71. The summed E-state index contributed by atoms with van der Waals surface area (Å²) < 4.78 is 5.23. The third kappa shape index (κ3) is 5.35. The van der Waals surface area contributed by atoms with Crippen molar-refractivity contribution in [3.05, 3.63) is 34.9 Å². The standard InChI is InChI=1S/C16H24O2/c1-12(2)6-5-9-18-16(17)11-15-8-7-13(3)14(4)10-15/h7-8,10,12H,5-6,9,11H2,1-4H3. The molecule has 0 unspecified atom stereocenters. The van der Waals surface area contributed by atoms with Crippen molar-refractivity contribution in [2.45, 2.75) is 47.0 Å². The molecule has 0 spiro atoms. The molecular formula is C16H24O2. The van der Waals surface area contributed by atoms with E-state index < -0.39 is 0 Å². The van der Waals surface area contributed by atoms with Gasteiger partial charge in [0.25, 0.3) is 0 Å². The SMILES string of the molecule is Cc1ccc(CC(=O)OCCCC(C)C)cc1C. The van der Waals surface area contributed by atoms with Gasteiger partial charge in [-0.2, -0.15) is 0 Å². The van der Waals surface area contributed by atoms with Gasteiger partial charge >= 0.3 is 5.97 Å². The van der Waals surface area contributed by atoms with E-state index in [0.717, 1.165) is 18.4 Å². The van der Waals surface area contributed by atoms with Gasteiger partial charge in [0.15, 0.2) is 0 Å². The van der Waals surface area contributed by atoms with Crippen LogP contribution in [0.2, 0.25) is 0 Å². The monoisotopic (exact) mass is 248 g/mol. The van der Waals surface area contributed by atoms with Crippen LogP contribution in [-0.4, -0.2) is 12.6 Å². The molecule has 1 rings (SSSR count). The zero-order valence-electron chi connectivity index (χ0n) is 12.0. The molecular weight excluding hydrogens is 224 g/mol. The predicted molar refractivity (Wildman–Crippen MR) is 74.7 cm³/mol. The number of hydrogen-bond donors (Lipinski definition) is 0. The Morgan fingerprint density at radius 1 is 1.22 bits per heavy atom. The molecule has 0 aliphatic carbocycles. The van der Waals surface area contributed by atoms with E-state index in [2.05, 4.69) is 39.8 Å². The molecule has 1 aromatic carbocycles. The first-order chi connectivity index (χ1) is 8.49. The number of rotatable bonds is 6. The molecule has 0 heterocycles. The maximum absolute atomic E-state index is 11.6. The third-order valence-corrected chi connectivity index (χ3v) is 3.11. The Labute approximate surface area is 110 Å². The van der Waals surface area contributed by atoms with Crippen molar-refractivity contribution >= 4 is 5.97 Å². The second-order valence-electron chi connectivity index (χ2n) is 5.35. The number of aryl methyl sites for hydroxylation is 2. The van der Waals surface area contributed by atoms with Gasteiger partial charge in [0.05, 0.1) is 13.0 Å². The number of esters is 1. The lowest BCUT2D eigenvalue weighted by Crippen LogP contribution is -2.09. The summed E-state index contributed by atoms with van der Waals surface area (Å²) in [5.74, 6) is 0.547. The quantitative estimate of drug-likeness (QED) is 0.565. The first kappa shape index (κ1) is 14.7. The van der Waals surface area contributed by atoms with Gasteiger partial charge in [-0.1, -0.05) is 32.0 Å². The molecule has 0 atom stereocenters. The molecule has 0 amide bonds. The highest BCUT2D eigenvalue weighted by Gasteiger charge is 2.06. The zero-order valence-corrected chi connectivity index (χ0v) is 12.0. The summed E-state index contributed by atoms with van der Waals surface area (Å²) in [7, 11) is 0. The highest BCUT2D eigenvalue weighted by molar-refractivity contribution is 5.72. The second kappa shape index (κ2) is 7.20. The van der Waals surface area contributed by atoms with Gasteiger partial charge in [-0.25, -0.2) is 0 Å². The number of benzene rings is 1. The minimum Gasteiger partial charge on any atom is -0.465 e. The zero-order chi connectivity index (χ0) is 13.5. The topological polar surface area (TPSA) is 26.3 Å². The van der Waals surface area contributed by atoms with Gasteiger partial charge < -0.3 is 4.74 Å². The molecule has 0 aromatic heterocycles. The average Bonchev–Trinajstić information content (AvgIpc) is 2.29. The number of carbonyl (C=O) groups excluding carboxylic acids is 1. The van der Waals surface area contributed by atoms with Gasteiger partial charge in [-0.15, -0.1) is 0 Å². The molecule has 0 aliphatic rings. The van der Waals surface area contributed by atoms with Crippen molar-refractivity contribution in [1.82, 2.24) is 0 Å². The number of ether oxygens (including phenoxy) is 1. The molecule has 0 bridgehead atoms. The van der Waals surface area contributed by atoms with Crippen molar-refractivity contribution in [1.29, 1.82) is 0 Å². The molecule has 100 valence electrons. The maximum Gasteiger partial charge on any atom is 0.310 e. The van der Waals surface area contributed by atoms with Crippen LogP contribution in [0, 0.1) is 19.8 Å². The smallest absolute Gasteiger partial charge is 0.310 e. The first-order valence-corrected chi connectivity index (χ1v) is 6.71. The van der Waals surface area contributed by atoms with Crippen LogP contribution in [0.4, 0.5) is 0 Å². The van der Waals surface area contributed by atoms with Gasteiger partial charge in [0.2, 0.25) is 0 Å². The lowest BCUT2D eigenvalue weighted by Gasteiger charge is -2.07. The van der Waals surface area contributed by atoms with E-state index in [9.17, 15) is 4.79 Å². The Balaban J connectivity index is 2.33. The average molecular weight is 248 g/mol. The summed E-state index contributed by atoms with van der Waals surface area (Å²) in [4.78, 5) is 11.6. The summed E-state index contributed by atoms with van der Waals surface area (Å²) in [5.41, 5.74) is 3.51. The van der Waals surface area contributed by atoms with E-state index in [-0.39, 0.29) is 5.97 Å². The van der Waals surface area contributed by atoms with Gasteiger partial charge in [-0.05, 0) is 49.3 Å². The Morgan fingerprint density at radius 2 is 1.94 bits per heavy atom. The van der Waals surface area contributed by atoms with Crippen LogP contribution in [0.1, 0.15) is 43.4 Å². The minimum absolute atomic E-state index is 0.123. The van der Waals surface area contributed by atoms with Crippen LogP contribution in [0.5, 0.6) is 0 Å². The summed E-state index contributed by atoms with van der Waals surface area (Å²) in [6.45, 7) is 9.03. The van der Waals surface area contributed by atoms with Crippen molar-refractivity contribution in [2.24, 2.45) is 5.92 Å². The molecule has 0 saturated heterocycles. The van der Waals surface area contributed by atoms with Crippen molar-refractivity contribution < 1.29 is 9.53 Å². The van der Waals surface area contributed by atoms with E-state index in [0.29, 0.717) is 18.9 Å². The molecule has 2 heteroatoms. The summed E-state index contributed by atoms with van der Waals surface area (Å²) in [6, 6.07) is 6.11. The van der Waals surface area contributed by atoms with Gasteiger partial charge in [0, 0.05) is 0 Å². The van der Waals surface area contributed by atoms with Crippen molar-refractivity contribution in [3.63, 3.8) is 0 Å². The maximum atomic E-state index is 11.6. The van der Waals surface area contributed by atoms with Crippen LogP contribution in [0.15, 0.2) is 18.2 Å². The van der Waals surface area contributed by atoms with Crippen LogP contribution in [0.3, 0.4) is 0 Å². The largest absolute Gasteiger partial charge is 0.465 e. The fraction of sp³-hybridized carbons (Fsp3) is 0.562. The molecule has 0 N–H and O–H groups in total. The van der Waals surface area contributed by atoms with E-state index in [1.165, 1.54) is 11.1 Å². The van der Waals surface area contributed by atoms with Crippen LogP contribution < -0.4 is 0 Å². The molecule has 0 radical (unpaired) electrons. The lowest BCUT2D eigenvalue weighted by atomic mass is 10.0. The molecule has 2 nitrogen and oxygen atoms in total. The van der Waals surface area contributed by atoms with Crippen LogP contribution in [-0.2, 0) is 16.0 Å². The Bertz CT molecular complexity index is 394.